The second-order valence-corrected chi connectivity index (χ2v) is 5.34. The van der Waals surface area contributed by atoms with Crippen LogP contribution in [0.1, 0.15) is 31.4 Å². The van der Waals surface area contributed by atoms with E-state index in [1.54, 1.807) is 0 Å². The highest BCUT2D eigenvalue weighted by atomic mass is 16.5. The van der Waals surface area contributed by atoms with Crippen molar-refractivity contribution < 1.29 is 9.84 Å². The van der Waals surface area contributed by atoms with Crippen LogP contribution in [0.4, 0.5) is 11.4 Å². The number of anilines is 2. The number of hydrogen-bond donors (Lipinski definition) is 1. The van der Waals surface area contributed by atoms with Crippen molar-refractivity contribution >= 4 is 11.4 Å². The maximum atomic E-state index is 9.90. The van der Waals surface area contributed by atoms with Crippen molar-refractivity contribution in [3.05, 3.63) is 54.1 Å². The van der Waals surface area contributed by atoms with Crippen LogP contribution in [0, 0.1) is 0 Å². The van der Waals surface area contributed by atoms with Gasteiger partial charge < -0.3 is 14.7 Å². The van der Waals surface area contributed by atoms with E-state index in [0.717, 1.165) is 48.7 Å². The van der Waals surface area contributed by atoms with Crippen LogP contribution in [-0.2, 0) is 0 Å². The first-order valence-electron chi connectivity index (χ1n) is 7.57. The fraction of sp³-hybridized carbons (Fsp3) is 0.333. The third kappa shape index (κ3) is 2.88. The number of aliphatic hydroxyl groups excluding tert-OH is 1. The molecule has 1 N–H and O–H groups in total. The van der Waals surface area contributed by atoms with E-state index in [9.17, 15) is 5.11 Å². The first-order valence-corrected chi connectivity index (χ1v) is 7.57. The van der Waals surface area contributed by atoms with Gasteiger partial charge >= 0.3 is 0 Å². The van der Waals surface area contributed by atoms with Gasteiger partial charge in [0.05, 0.1) is 18.4 Å². The molecule has 1 unspecified atom stereocenters. The fourth-order valence-electron chi connectivity index (χ4n) is 2.71. The highest BCUT2D eigenvalue weighted by Crippen LogP contribution is 2.36. The molecular formula is C18H21NO2. The third-order valence-corrected chi connectivity index (χ3v) is 3.92. The molecule has 2 aromatic carbocycles. The molecule has 110 valence electrons. The lowest BCUT2D eigenvalue weighted by Gasteiger charge is -2.24. The Morgan fingerprint density at radius 3 is 2.67 bits per heavy atom. The summed E-state index contributed by atoms with van der Waals surface area (Å²) in [5.74, 6) is 0.938. The van der Waals surface area contributed by atoms with Crippen molar-refractivity contribution in [1.29, 1.82) is 0 Å². The Labute approximate surface area is 125 Å². The van der Waals surface area contributed by atoms with Gasteiger partial charge in [-0.2, -0.15) is 0 Å². The average molecular weight is 283 g/mol. The van der Waals surface area contributed by atoms with Crippen LogP contribution in [-0.4, -0.2) is 18.3 Å². The molecule has 0 bridgehead atoms. The van der Waals surface area contributed by atoms with Crippen LogP contribution in [0.15, 0.2) is 48.5 Å². The molecule has 0 saturated heterocycles. The van der Waals surface area contributed by atoms with Gasteiger partial charge in [-0.3, -0.25) is 0 Å². The summed E-state index contributed by atoms with van der Waals surface area (Å²) in [6.45, 7) is 3.67. The van der Waals surface area contributed by atoms with Crippen LogP contribution in [0.25, 0.3) is 0 Å². The van der Waals surface area contributed by atoms with E-state index in [0.29, 0.717) is 0 Å². The number of rotatable bonds is 3. The fourth-order valence-corrected chi connectivity index (χ4v) is 2.71. The SMILES string of the molecule is CCC(O)c1ccc(N2CCCOc3ccccc32)cc1. The van der Waals surface area contributed by atoms with Gasteiger partial charge in [-0.25, -0.2) is 0 Å². The molecule has 21 heavy (non-hydrogen) atoms. The van der Waals surface area contributed by atoms with Gasteiger partial charge in [0.25, 0.3) is 0 Å². The van der Waals surface area contributed by atoms with Crippen LogP contribution in [0.5, 0.6) is 5.75 Å². The molecule has 0 fully saturated rings. The largest absolute Gasteiger partial charge is 0.491 e. The van der Waals surface area contributed by atoms with Gasteiger partial charge in [-0.15, -0.1) is 0 Å². The lowest BCUT2D eigenvalue weighted by atomic mass is 10.1. The van der Waals surface area contributed by atoms with E-state index < -0.39 is 0 Å². The number of aliphatic hydroxyl groups is 1. The lowest BCUT2D eigenvalue weighted by Crippen LogP contribution is -2.17. The van der Waals surface area contributed by atoms with E-state index in [4.69, 9.17) is 4.74 Å². The Balaban J connectivity index is 1.93. The topological polar surface area (TPSA) is 32.7 Å². The molecular weight excluding hydrogens is 262 g/mol. The number of ether oxygens (including phenoxy) is 1. The molecule has 0 spiro atoms. The summed E-state index contributed by atoms with van der Waals surface area (Å²) in [6, 6.07) is 16.3. The smallest absolute Gasteiger partial charge is 0.142 e. The molecule has 3 rings (SSSR count). The number of nitrogens with zero attached hydrogens (tertiary/aromatic N) is 1. The lowest BCUT2D eigenvalue weighted by molar-refractivity contribution is 0.173. The second kappa shape index (κ2) is 6.19. The zero-order valence-electron chi connectivity index (χ0n) is 12.3. The molecule has 1 heterocycles. The monoisotopic (exact) mass is 283 g/mol. The second-order valence-electron chi connectivity index (χ2n) is 5.34. The first kappa shape index (κ1) is 14.0. The zero-order valence-corrected chi connectivity index (χ0v) is 12.3. The predicted octanol–water partition coefficient (Wildman–Crippen LogP) is 4.05. The maximum absolute atomic E-state index is 9.90. The van der Waals surface area contributed by atoms with Gasteiger partial charge in [0.2, 0.25) is 0 Å². The minimum absolute atomic E-state index is 0.376. The number of fused-ring (bicyclic) bond motifs is 1. The van der Waals surface area contributed by atoms with Crippen LogP contribution in [0.2, 0.25) is 0 Å². The van der Waals surface area contributed by atoms with E-state index >= 15 is 0 Å². The molecule has 1 aliphatic rings. The van der Waals surface area contributed by atoms with Gasteiger partial charge in [0, 0.05) is 12.2 Å². The molecule has 0 amide bonds. The quantitative estimate of drug-likeness (QED) is 0.922. The molecule has 0 aromatic heterocycles. The summed E-state index contributed by atoms with van der Waals surface area (Å²) in [5.41, 5.74) is 3.22. The van der Waals surface area contributed by atoms with Crippen LogP contribution in [0.3, 0.4) is 0 Å². The summed E-state index contributed by atoms with van der Waals surface area (Å²) in [5, 5.41) is 9.90. The highest BCUT2D eigenvalue weighted by Gasteiger charge is 2.17. The summed E-state index contributed by atoms with van der Waals surface area (Å²) < 4.78 is 5.80. The van der Waals surface area contributed by atoms with Crippen LogP contribution < -0.4 is 9.64 Å². The molecule has 0 aliphatic carbocycles. The summed E-state index contributed by atoms with van der Waals surface area (Å²) in [6.07, 6.45) is 1.35. The van der Waals surface area contributed by atoms with Gasteiger partial charge in [-0.05, 0) is 42.7 Å². The van der Waals surface area contributed by atoms with Crippen molar-refractivity contribution in [2.24, 2.45) is 0 Å². The third-order valence-electron chi connectivity index (χ3n) is 3.92. The summed E-state index contributed by atoms with van der Waals surface area (Å²) in [4.78, 5) is 2.28. The van der Waals surface area contributed by atoms with E-state index in [1.807, 2.05) is 37.3 Å². The van der Waals surface area contributed by atoms with Crippen molar-refractivity contribution in [3.8, 4) is 5.75 Å². The average Bonchev–Trinajstić information content (AvgIpc) is 2.77. The molecule has 1 aliphatic heterocycles. The van der Waals surface area contributed by atoms with Crippen molar-refractivity contribution in [1.82, 2.24) is 0 Å². The minimum Gasteiger partial charge on any atom is -0.491 e. The van der Waals surface area contributed by atoms with Crippen molar-refractivity contribution in [3.63, 3.8) is 0 Å². The number of benzene rings is 2. The van der Waals surface area contributed by atoms with Crippen LogP contribution >= 0.6 is 0 Å². The summed E-state index contributed by atoms with van der Waals surface area (Å²) in [7, 11) is 0. The molecule has 0 radical (unpaired) electrons. The Bertz CT molecular complexity index is 594. The molecule has 3 heteroatoms. The number of hydrogen-bond acceptors (Lipinski definition) is 3. The molecule has 2 aromatic rings. The van der Waals surface area contributed by atoms with Gasteiger partial charge in [-0.1, -0.05) is 31.2 Å². The normalized spacial score (nSPS) is 15.8. The molecule has 1 atom stereocenters. The number of para-hydroxylation sites is 2. The van der Waals surface area contributed by atoms with E-state index in [1.165, 1.54) is 0 Å². The molecule has 3 nitrogen and oxygen atoms in total. The predicted molar refractivity (Wildman–Crippen MR) is 85.3 cm³/mol. The Morgan fingerprint density at radius 1 is 1.14 bits per heavy atom. The Hall–Kier alpha value is -2.00. The summed E-state index contributed by atoms with van der Waals surface area (Å²) >= 11 is 0. The Kier molecular flexibility index (Phi) is 4.11. The molecule has 0 saturated carbocycles. The Morgan fingerprint density at radius 2 is 1.90 bits per heavy atom. The van der Waals surface area contributed by atoms with Crippen molar-refractivity contribution in [2.75, 3.05) is 18.1 Å². The van der Waals surface area contributed by atoms with E-state index in [-0.39, 0.29) is 6.10 Å². The van der Waals surface area contributed by atoms with E-state index in [2.05, 4.69) is 23.1 Å². The van der Waals surface area contributed by atoms with Gasteiger partial charge in [0.1, 0.15) is 5.75 Å². The van der Waals surface area contributed by atoms with Gasteiger partial charge in [0.15, 0.2) is 0 Å². The zero-order chi connectivity index (χ0) is 14.7. The maximum Gasteiger partial charge on any atom is 0.142 e. The highest BCUT2D eigenvalue weighted by molar-refractivity contribution is 5.69. The minimum atomic E-state index is -0.376. The standard InChI is InChI=1S/C18H21NO2/c1-2-17(20)14-8-10-15(11-9-14)19-12-5-13-21-18-7-4-3-6-16(18)19/h3-4,6-11,17,20H,2,5,12-13H2,1H3. The first-order chi connectivity index (χ1) is 10.3. The van der Waals surface area contributed by atoms with Crippen molar-refractivity contribution in [2.45, 2.75) is 25.9 Å².